The highest BCUT2D eigenvalue weighted by molar-refractivity contribution is 7.71. The summed E-state index contributed by atoms with van der Waals surface area (Å²) in [6.45, 7) is 4.87. The Bertz CT molecular complexity index is 1040. The van der Waals surface area contributed by atoms with Crippen molar-refractivity contribution in [1.82, 2.24) is 9.55 Å². The van der Waals surface area contributed by atoms with Gasteiger partial charge in [0.15, 0.2) is 4.77 Å². The molecule has 5 rings (SSSR count). The Kier molecular flexibility index (Phi) is 4.18. The molecule has 1 aromatic carbocycles. The second-order valence-electron chi connectivity index (χ2n) is 9.43. The number of ether oxygens (including phenoxy) is 1. The maximum Gasteiger partial charge on any atom is 0.258 e. The fourth-order valence-corrected chi connectivity index (χ4v) is 6.18. The molecule has 1 aliphatic heterocycles. The fraction of sp³-hybridized carbons (Fsp3) is 0.565. The monoisotopic (exact) mass is 396 g/mol. The van der Waals surface area contributed by atoms with Gasteiger partial charge in [-0.15, -0.1) is 0 Å². The first-order chi connectivity index (χ1) is 13.4. The number of fused-ring (bicyclic) bond motifs is 4. The number of hydrogen-bond donors (Lipinski definition) is 1. The first kappa shape index (κ1) is 18.3. The van der Waals surface area contributed by atoms with Gasteiger partial charge in [-0.2, -0.15) is 0 Å². The molecule has 1 spiro atoms. The van der Waals surface area contributed by atoms with Crippen LogP contribution < -0.4 is 5.56 Å². The minimum Gasteiger partial charge on any atom is -0.375 e. The summed E-state index contributed by atoms with van der Waals surface area (Å²) in [7, 11) is 0. The zero-order chi connectivity index (χ0) is 19.5. The average Bonchev–Trinajstić information content (AvgIpc) is 3.09. The number of aromatic nitrogens is 2. The molecule has 0 bridgehead atoms. The van der Waals surface area contributed by atoms with Crippen molar-refractivity contribution in [2.75, 3.05) is 6.61 Å². The normalized spacial score (nSPS) is 24.7. The van der Waals surface area contributed by atoms with Crippen molar-refractivity contribution < 1.29 is 4.74 Å². The molecule has 0 amide bonds. The minimum absolute atomic E-state index is 0.0390. The largest absolute Gasteiger partial charge is 0.375 e. The van der Waals surface area contributed by atoms with Gasteiger partial charge in [-0.3, -0.25) is 9.36 Å². The van der Waals surface area contributed by atoms with E-state index in [-0.39, 0.29) is 22.6 Å². The van der Waals surface area contributed by atoms with Crippen molar-refractivity contribution in [2.45, 2.75) is 75.9 Å². The van der Waals surface area contributed by atoms with Gasteiger partial charge in [0.2, 0.25) is 0 Å². The lowest BCUT2D eigenvalue weighted by atomic mass is 9.68. The lowest BCUT2D eigenvalue weighted by Gasteiger charge is -2.39. The van der Waals surface area contributed by atoms with E-state index < -0.39 is 0 Å². The van der Waals surface area contributed by atoms with Crippen LogP contribution in [0.15, 0.2) is 29.1 Å². The van der Waals surface area contributed by atoms with Crippen LogP contribution in [0.1, 0.15) is 69.5 Å². The molecule has 1 saturated carbocycles. The molecule has 0 radical (unpaired) electrons. The van der Waals surface area contributed by atoms with E-state index in [1.54, 1.807) is 0 Å². The Balaban J connectivity index is 1.75. The smallest absolute Gasteiger partial charge is 0.258 e. The molecular formula is C23H28N2O2S. The quantitative estimate of drug-likeness (QED) is 0.685. The van der Waals surface area contributed by atoms with Crippen LogP contribution in [0.5, 0.6) is 0 Å². The number of hydrogen-bond acceptors (Lipinski definition) is 3. The Hall–Kier alpha value is -1.72. The van der Waals surface area contributed by atoms with E-state index in [0.29, 0.717) is 11.4 Å². The Morgan fingerprint density at radius 1 is 1.21 bits per heavy atom. The van der Waals surface area contributed by atoms with Gasteiger partial charge in [0.1, 0.15) is 0 Å². The van der Waals surface area contributed by atoms with Crippen molar-refractivity contribution in [2.24, 2.45) is 0 Å². The Morgan fingerprint density at radius 3 is 2.71 bits per heavy atom. The highest BCUT2D eigenvalue weighted by Gasteiger charge is 2.44. The number of benzene rings is 1. The van der Waals surface area contributed by atoms with Crippen LogP contribution in [0.2, 0.25) is 0 Å². The summed E-state index contributed by atoms with van der Waals surface area (Å²) in [5.41, 5.74) is 4.32. The molecule has 2 heterocycles. The lowest BCUT2D eigenvalue weighted by molar-refractivity contribution is -0.0699. The Labute approximate surface area is 170 Å². The summed E-state index contributed by atoms with van der Waals surface area (Å²) in [4.78, 5) is 17.5. The van der Waals surface area contributed by atoms with Gasteiger partial charge in [-0.05, 0) is 63.7 Å². The SMILES string of the molecule is CC1(C)C[C@@H](n2c(=S)[nH]c3c(c2=O)C2(CCCC2)Cc2ccccc2-3)CCO1. The van der Waals surface area contributed by atoms with Gasteiger partial charge in [-0.1, -0.05) is 37.1 Å². The highest BCUT2D eigenvalue weighted by Crippen LogP contribution is 2.49. The van der Waals surface area contributed by atoms with E-state index in [0.717, 1.165) is 48.9 Å². The molecule has 1 atom stereocenters. The highest BCUT2D eigenvalue weighted by atomic mass is 32.1. The second kappa shape index (κ2) is 6.39. The predicted molar refractivity (Wildman–Crippen MR) is 113 cm³/mol. The van der Waals surface area contributed by atoms with Crippen molar-refractivity contribution in [3.63, 3.8) is 0 Å². The van der Waals surface area contributed by atoms with Crippen LogP contribution in [-0.2, 0) is 16.6 Å². The average molecular weight is 397 g/mol. The van der Waals surface area contributed by atoms with Gasteiger partial charge in [0.05, 0.1) is 11.3 Å². The zero-order valence-electron chi connectivity index (χ0n) is 16.7. The molecule has 2 aliphatic carbocycles. The fourth-order valence-electron chi connectivity index (χ4n) is 5.84. The predicted octanol–water partition coefficient (Wildman–Crippen LogP) is 5.07. The standard InChI is InChI=1S/C23H28N2O2S/c1-22(2)14-16(9-12-27-22)25-20(26)18-19(24-21(25)28)17-8-4-3-7-15(17)13-23(18)10-5-6-11-23/h3-4,7-8,16H,5-6,9-14H2,1-2H3,(H,24,28)/t16-/m0/s1. The van der Waals surface area contributed by atoms with E-state index in [2.05, 4.69) is 43.1 Å². The Morgan fingerprint density at radius 2 is 1.96 bits per heavy atom. The molecule has 0 unspecified atom stereocenters. The van der Waals surface area contributed by atoms with Crippen LogP contribution in [0.25, 0.3) is 11.3 Å². The van der Waals surface area contributed by atoms with Gasteiger partial charge in [-0.25, -0.2) is 0 Å². The summed E-state index contributed by atoms with van der Waals surface area (Å²) < 4.78 is 8.32. The summed E-state index contributed by atoms with van der Waals surface area (Å²) in [5, 5.41) is 0. The topological polar surface area (TPSA) is 47.0 Å². The molecule has 5 heteroatoms. The van der Waals surface area contributed by atoms with Crippen molar-refractivity contribution >= 4 is 12.2 Å². The first-order valence-electron chi connectivity index (χ1n) is 10.5. The molecule has 4 nitrogen and oxygen atoms in total. The third-order valence-electron chi connectivity index (χ3n) is 7.08. The van der Waals surface area contributed by atoms with E-state index in [9.17, 15) is 4.79 Å². The van der Waals surface area contributed by atoms with Crippen LogP contribution >= 0.6 is 12.2 Å². The minimum atomic E-state index is -0.225. The van der Waals surface area contributed by atoms with Crippen molar-refractivity contribution in [3.05, 3.63) is 50.5 Å². The molecule has 28 heavy (non-hydrogen) atoms. The maximum atomic E-state index is 14.0. The summed E-state index contributed by atoms with van der Waals surface area (Å²) >= 11 is 5.74. The summed E-state index contributed by atoms with van der Waals surface area (Å²) in [6, 6.07) is 8.59. The third-order valence-corrected chi connectivity index (χ3v) is 7.37. The maximum absolute atomic E-state index is 14.0. The molecule has 1 saturated heterocycles. The van der Waals surface area contributed by atoms with E-state index >= 15 is 0 Å². The van der Waals surface area contributed by atoms with Crippen molar-refractivity contribution in [3.8, 4) is 11.3 Å². The van der Waals surface area contributed by atoms with Crippen LogP contribution in [-0.4, -0.2) is 21.8 Å². The van der Waals surface area contributed by atoms with Gasteiger partial charge in [0.25, 0.3) is 5.56 Å². The van der Waals surface area contributed by atoms with Crippen LogP contribution in [0.3, 0.4) is 0 Å². The number of rotatable bonds is 1. The van der Waals surface area contributed by atoms with Gasteiger partial charge in [0, 0.05) is 29.2 Å². The lowest BCUT2D eigenvalue weighted by Crippen LogP contribution is -2.44. The molecule has 2 aromatic rings. The summed E-state index contributed by atoms with van der Waals surface area (Å²) in [6.07, 6.45) is 7.19. The zero-order valence-corrected chi connectivity index (χ0v) is 17.5. The molecule has 1 aromatic heterocycles. The number of nitrogens with one attached hydrogen (secondary N) is 1. The van der Waals surface area contributed by atoms with Gasteiger partial charge >= 0.3 is 0 Å². The molecule has 148 valence electrons. The molecule has 1 N–H and O–H groups in total. The first-order valence-corrected chi connectivity index (χ1v) is 10.9. The van der Waals surface area contributed by atoms with Crippen LogP contribution in [0, 0.1) is 4.77 Å². The van der Waals surface area contributed by atoms with Crippen LogP contribution in [0.4, 0.5) is 0 Å². The molecular weight excluding hydrogens is 368 g/mol. The third kappa shape index (κ3) is 2.74. The molecule has 2 fully saturated rings. The van der Waals surface area contributed by atoms with E-state index in [1.807, 2.05) is 4.57 Å². The summed E-state index contributed by atoms with van der Waals surface area (Å²) in [5.74, 6) is 0. The van der Waals surface area contributed by atoms with Crippen molar-refractivity contribution in [1.29, 1.82) is 0 Å². The number of aromatic amines is 1. The second-order valence-corrected chi connectivity index (χ2v) is 9.82. The van der Waals surface area contributed by atoms with Gasteiger partial charge < -0.3 is 9.72 Å². The van der Waals surface area contributed by atoms with E-state index in [1.165, 1.54) is 18.4 Å². The molecule has 3 aliphatic rings. The number of nitrogens with zero attached hydrogens (tertiary/aromatic N) is 1. The number of H-pyrrole nitrogens is 1. The van der Waals surface area contributed by atoms with E-state index in [4.69, 9.17) is 17.0 Å².